The van der Waals surface area contributed by atoms with Crippen molar-refractivity contribution in [1.82, 2.24) is 5.32 Å². The lowest BCUT2D eigenvalue weighted by molar-refractivity contribution is 0.534. The lowest BCUT2D eigenvalue weighted by Gasteiger charge is -2.15. The Morgan fingerprint density at radius 1 is 1.05 bits per heavy atom. The van der Waals surface area contributed by atoms with Gasteiger partial charge in [-0.05, 0) is 42.8 Å². The van der Waals surface area contributed by atoms with Gasteiger partial charge in [0.25, 0.3) is 0 Å². The molecule has 1 N–H and O–H groups in total. The molecule has 0 aliphatic carbocycles. The van der Waals surface area contributed by atoms with Gasteiger partial charge in [0.1, 0.15) is 17.5 Å². The summed E-state index contributed by atoms with van der Waals surface area (Å²) in [7, 11) is 0. The highest BCUT2D eigenvalue weighted by Gasteiger charge is 2.10. The van der Waals surface area contributed by atoms with E-state index in [4.69, 9.17) is 11.6 Å². The maximum atomic E-state index is 13.5. The van der Waals surface area contributed by atoms with Crippen molar-refractivity contribution < 1.29 is 13.2 Å². The summed E-state index contributed by atoms with van der Waals surface area (Å²) in [5, 5.41) is 3.08. The molecule has 0 saturated heterocycles. The molecule has 0 spiro atoms. The van der Waals surface area contributed by atoms with Crippen LogP contribution in [0.5, 0.6) is 0 Å². The van der Waals surface area contributed by atoms with E-state index < -0.39 is 17.5 Å². The molecule has 20 heavy (non-hydrogen) atoms. The van der Waals surface area contributed by atoms with Crippen molar-refractivity contribution in [3.63, 3.8) is 0 Å². The van der Waals surface area contributed by atoms with Crippen molar-refractivity contribution in [2.24, 2.45) is 0 Å². The number of hydrogen-bond acceptors (Lipinski definition) is 1. The minimum absolute atomic E-state index is 0.0353. The quantitative estimate of drug-likeness (QED) is 0.869. The first-order valence-corrected chi connectivity index (χ1v) is 6.47. The van der Waals surface area contributed by atoms with Crippen molar-refractivity contribution in [2.75, 3.05) is 0 Å². The molecule has 1 unspecified atom stereocenters. The fraction of sp³-hybridized carbons (Fsp3) is 0.200. The molecule has 2 aromatic carbocycles. The second-order valence-corrected chi connectivity index (χ2v) is 4.92. The Balaban J connectivity index is 2.06. The monoisotopic (exact) mass is 299 g/mol. The topological polar surface area (TPSA) is 12.0 Å². The molecule has 1 atom stereocenters. The van der Waals surface area contributed by atoms with Crippen LogP contribution >= 0.6 is 11.6 Å². The Morgan fingerprint density at radius 2 is 1.75 bits per heavy atom. The van der Waals surface area contributed by atoms with Crippen LogP contribution in [0.1, 0.15) is 24.1 Å². The minimum Gasteiger partial charge on any atom is -0.306 e. The molecule has 2 aromatic rings. The maximum Gasteiger partial charge on any atom is 0.141 e. The Morgan fingerprint density at radius 3 is 2.45 bits per heavy atom. The molecular formula is C15H13ClF3N. The van der Waals surface area contributed by atoms with E-state index in [2.05, 4.69) is 5.32 Å². The van der Waals surface area contributed by atoms with Crippen molar-refractivity contribution in [3.05, 3.63) is 70.0 Å². The van der Waals surface area contributed by atoms with E-state index >= 15 is 0 Å². The van der Waals surface area contributed by atoms with Gasteiger partial charge in [-0.3, -0.25) is 0 Å². The Hall–Kier alpha value is -1.52. The molecule has 0 aromatic heterocycles. The molecular weight excluding hydrogens is 287 g/mol. The molecule has 5 heteroatoms. The number of halogens is 4. The molecule has 0 amide bonds. The van der Waals surface area contributed by atoms with E-state index in [0.717, 1.165) is 23.8 Å². The highest BCUT2D eigenvalue weighted by Crippen LogP contribution is 2.21. The summed E-state index contributed by atoms with van der Waals surface area (Å²) in [4.78, 5) is 0. The average Bonchev–Trinajstić information content (AvgIpc) is 2.42. The van der Waals surface area contributed by atoms with Gasteiger partial charge in [-0.25, -0.2) is 13.2 Å². The normalized spacial score (nSPS) is 12.4. The van der Waals surface area contributed by atoms with Crippen molar-refractivity contribution in [2.45, 2.75) is 19.5 Å². The SMILES string of the molecule is CC(NCc1cc(F)ccc1F)c1ccc(F)c(Cl)c1. The van der Waals surface area contributed by atoms with Crippen LogP contribution in [0, 0.1) is 17.5 Å². The zero-order valence-corrected chi connectivity index (χ0v) is 11.5. The highest BCUT2D eigenvalue weighted by molar-refractivity contribution is 6.30. The number of benzene rings is 2. The van der Waals surface area contributed by atoms with E-state index in [1.165, 1.54) is 12.1 Å². The summed E-state index contributed by atoms with van der Waals surface area (Å²) < 4.78 is 39.6. The Labute approximate surface area is 120 Å². The van der Waals surface area contributed by atoms with Crippen LogP contribution in [-0.2, 0) is 6.54 Å². The summed E-state index contributed by atoms with van der Waals surface area (Å²) in [5.41, 5.74) is 1.01. The smallest absolute Gasteiger partial charge is 0.141 e. The molecule has 0 aliphatic heterocycles. The molecule has 2 rings (SSSR count). The van der Waals surface area contributed by atoms with Crippen molar-refractivity contribution >= 4 is 11.6 Å². The third-order valence-corrected chi connectivity index (χ3v) is 3.34. The maximum absolute atomic E-state index is 13.5. The van der Waals surface area contributed by atoms with E-state index in [9.17, 15) is 13.2 Å². The van der Waals surface area contributed by atoms with Crippen LogP contribution in [0.15, 0.2) is 36.4 Å². The lowest BCUT2D eigenvalue weighted by atomic mass is 10.1. The molecule has 0 heterocycles. The fourth-order valence-corrected chi connectivity index (χ4v) is 2.03. The van der Waals surface area contributed by atoms with E-state index in [1.54, 1.807) is 6.07 Å². The summed E-state index contributed by atoms with van der Waals surface area (Å²) in [6.45, 7) is 2.00. The predicted molar refractivity (Wildman–Crippen MR) is 73.0 cm³/mol. The lowest BCUT2D eigenvalue weighted by Crippen LogP contribution is -2.19. The average molecular weight is 300 g/mol. The summed E-state index contributed by atoms with van der Waals surface area (Å²) >= 11 is 5.71. The predicted octanol–water partition coefficient (Wildman–Crippen LogP) is 4.61. The molecule has 0 saturated carbocycles. The van der Waals surface area contributed by atoms with Gasteiger partial charge in [0.15, 0.2) is 0 Å². The van der Waals surface area contributed by atoms with Gasteiger partial charge >= 0.3 is 0 Å². The standard InChI is InChI=1S/C15H13ClF3N/c1-9(10-2-4-15(19)13(16)7-10)20-8-11-6-12(17)3-5-14(11)18/h2-7,9,20H,8H2,1H3. The highest BCUT2D eigenvalue weighted by atomic mass is 35.5. The zero-order chi connectivity index (χ0) is 14.7. The van der Waals surface area contributed by atoms with Crippen LogP contribution < -0.4 is 5.32 Å². The minimum atomic E-state index is -0.487. The molecule has 0 radical (unpaired) electrons. The molecule has 0 bridgehead atoms. The largest absolute Gasteiger partial charge is 0.306 e. The molecule has 106 valence electrons. The van der Waals surface area contributed by atoms with Gasteiger partial charge in [-0.1, -0.05) is 17.7 Å². The number of hydrogen-bond donors (Lipinski definition) is 1. The van der Waals surface area contributed by atoms with Crippen molar-refractivity contribution in [1.29, 1.82) is 0 Å². The Bertz CT molecular complexity index is 616. The molecule has 1 nitrogen and oxygen atoms in total. The van der Waals surface area contributed by atoms with Crippen LogP contribution in [0.2, 0.25) is 5.02 Å². The van der Waals surface area contributed by atoms with Gasteiger partial charge in [0.2, 0.25) is 0 Å². The van der Waals surface area contributed by atoms with E-state index in [-0.39, 0.29) is 23.2 Å². The second kappa shape index (κ2) is 6.29. The first kappa shape index (κ1) is 14.9. The van der Waals surface area contributed by atoms with Gasteiger partial charge in [-0.15, -0.1) is 0 Å². The van der Waals surface area contributed by atoms with Gasteiger partial charge in [-0.2, -0.15) is 0 Å². The van der Waals surface area contributed by atoms with E-state index in [1.807, 2.05) is 6.92 Å². The van der Waals surface area contributed by atoms with Crippen LogP contribution in [0.3, 0.4) is 0 Å². The summed E-state index contributed by atoms with van der Waals surface area (Å²) in [6.07, 6.45) is 0. The fourth-order valence-electron chi connectivity index (χ4n) is 1.84. The van der Waals surface area contributed by atoms with Gasteiger partial charge in [0, 0.05) is 18.2 Å². The third-order valence-electron chi connectivity index (χ3n) is 3.05. The van der Waals surface area contributed by atoms with Gasteiger partial charge in [0.05, 0.1) is 5.02 Å². The number of nitrogens with one attached hydrogen (secondary N) is 1. The summed E-state index contributed by atoms with van der Waals surface area (Å²) in [6, 6.07) is 7.52. The molecule has 0 aliphatic rings. The van der Waals surface area contributed by atoms with Crippen molar-refractivity contribution in [3.8, 4) is 0 Å². The number of rotatable bonds is 4. The van der Waals surface area contributed by atoms with E-state index in [0.29, 0.717) is 0 Å². The van der Waals surface area contributed by atoms with Gasteiger partial charge < -0.3 is 5.32 Å². The zero-order valence-electron chi connectivity index (χ0n) is 10.8. The second-order valence-electron chi connectivity index (χ2n) is 4.51. The Kier molecular flexibility index (Phi) is 4.68. The van der Waals surface area contributed by atoms with Crippen LogP contribution in [0.4, 0.5) is 13.2 Å². The van der Waals surface area contributed by atoms with Crippen LogP contribution in [-0.4, -0.2) is 0 Å². The summed E-state index contributed by atoms with van der Waals surface area (Å²) in [5.74, 6) is -1.44. The first-order valence-electron chi connectivity index (χ1n) is 6.09. The first-order chi connectivity index (χ1) is 9.47. The third kappa shape index (κ3) is 3.52. The molecule has 0 fully saturated rings. The van der Waals surface area contributed by atoms with Crippen LogP contribution in [0.25, 0.3) is 0 Å².